The molecule has 0 unspecified atom stereocenters. The molecule has 0 radical (unpaired) electrons. The van der Waals surface area contributed by atoms with Crippen LogP contribution in [0.15, 0.2) is 30.3 Å². The van der Waals surface area contributed by atoms with Crippen molar-refractivity contribution in [1.29, 1.82) is 0 Å². The van der Waals surface area contributed by atoms with Gasteiger partial charge in [0.15, 0.2) is 0 Å². The SMILES string of the molecule is COC[C@H]1CCN(SNC(=O)OCc2ccccc2)CCO1. The van der Waals surface area contributed by atoms with Gasteiger partial charge in [0, 0.05) is 32.3 Å². The fourth-order valence-electron chi connectivity index (χ4n) is 2.07. The number of rotatable bonds is 6. The van der Waals surface area contributed by atoms with Crippen molar-refractivity contribution in [3.8, 4) is 0 Å². The molecule has 7 heteroatoms. The van der Waals surface area contributed by atoms with Crippen molar-refractivity contribution in [2.24, 2.45) is 0 Å². The maximum absolute atomic E-state index is 11.7. The average molecular weight is 326 g/mol. The second-order valence-corrected chi connectivity index (χ2v) is 5.82. The Labute approximate surface area is 135 Å². The molecule has 0 aliphatic carbocycles. The molecule has 1 aromatic carbocycles. The van der Waals surface area contributed by atoms with Gasteiger partial charge in [0.05, 0.1) is 19.3 Å². The van der Waals surface area contributed by atoms with Crippen LogP contribution in [0.1, 0.15) is 12.0 Å². The third kappa shape index (κ3) is 6.23. The largest absolute Gasteiger partial charge is 0.444 e. The molecule has 1 aromatic rings. The Morgan fingerprint density at radius 3 is 3.00 bits per heavy atom. The lowest BCUT2D eigenvalue weighted by molar-refractivity contribution is 0.00564. The lowest BCUT2D eigenvalue weighted by atomic mass is 10.2. The number of hydrogen-bond acceptors (Lipinski definition) is 6. The van der Waals surface area contributed by atoms with Crippen LogP contribution in [0.25, 0.3) is 0 Å². The highest BCUT2D eigenvalue weighted by Crippen LogP contribution is 2.13. The minimum Gasteiger partial charge on any atom is -0.444 e. The molecule has 0 spiro atoms. The molecule has 1 heterocycles. The lowest BCUT2D eigenvalue weighted by Crippen LogP contribution is -2.27. The Balaban J connectivity index is 1.63. The molecule has 6 nitrogen and oxygen atoms in total. The highest BCUT2D eigenvalue weighted by atomic mass is 32.2. The van der Waals surface area contributed by atoms with Crippen molar-refractivity contribution in [2.45, 2.75) is 19.1 Å². The van der Waals surface area contributed by atoms with E-state index < -0.39 is 6.09 Å². The minimum atomic E-state index is -0.438. The fourth-order valence-corrected chi connectivity index (χ4v) is 2.69. The number of hydrogen-bond donors (Lipinski definition) is 1. The van der Waals surface area contributed by atoms with Crippen LogP contribution in [0.5, 0.6) is 0 Å². The van der Waals surface area contributed by atoms with E-state index in [4.69, 9.17) is 14.2 Å². The second kappa shape index (κ2) is 9.68. The first-order valence-electron chi connectivity index (χ1n) is 7.27. The Bertz CT molecular complexity index is 446. The summed E-state index contributed by atoms with van der Waals surface area (Å²) >= 11 is 1.26. The van der Waals surface area contributed by atoms with Crippen LogP contribution in [0.3, 0.4) is 0 Å². The first kappa shape index (κ1) is 17.1. The molecule has 1 saturated heterocycles. The van der Waals surface area contributed by atoms with Crippen LogP contribution < -0.4 is 4.72 Å². The molecule has 0 saturated carbocycles. The Hall–Kier alpha value is -1.28. The zero-order valence-corrected chi connectivity index (χ0v) is 13.5. The van der Waals surface area contributed by atoms with Crippen LogP contribution in [-0.4, -0.2) is 49.9 Å². The summed E-state index contributed by atoms with van der Waals surface area (Å²) in [6, 6.07) is 9.60. The average Bonchev–Trinajstić information content (AvgIpc) is 2.78. The zero-order chi connectivity index (χ0) is 15.6. The van der Waals surface area contributed by atoms with Crippen LogP contribution in [0, 0.1) is 0 Å². The molecular weight excluding hydrogens is 304 g/mol. The van der Waals surface area contributed by atoms with E-state index in [1.54, 1.807) is 7.11 Å². The molecule has 1 aliphatic heterocycles. The summed E-state index contributed by atoms with van der Waals surface area (Å²) in [6.07, 6.45) is 0.565. The summed E-state index contributed by atoms with van der Waals surface area (Å²) in [7, 11) is 1.67. The standard InChI is InChI=1S/C15H22N2O4S/c1-19-12-14-7-8-17(9-10-20-14)22-16-15(18)21-11-13-5-3-2-4-6-13/h2-6,14H,7-12H2,1H3,(H,16,18)/t14-/m1/s1. The molecule has 122 valence electrons. The minimum absolute atomic E-state index is 0.126. The predicted molar refractivity (Wildman–Crippen MR) is 85.2 cm³/mol. The number of carbonyl (C=O) groups excluding carboxylic acids is 1. The Kier molecular flexibility index (Phi) is 7.51. The topological polar surface area (TPSA) is 60.0 Å². The molecule has 22 heavy (non-hydrogen) atoms. The van der Waals surface area contributed by atoms with Gasteiger partial charge in [-0.15, -0.1) is 0 Å². The van der Waals surface area contributed by atoms with Gasteiger partial charge in [-0.25, -0.2) is 9.10 Å². The van der Waals surface area contributed by atoms with Crippen LogP contribution in [0.4, 0.5) is 4.79 Å². The first-order valence-corrected chi connectivity index (χ1v) is 8.04. The normalized spacial score (nSPS) is 19.4. The van der Waals surface area contributed by atoms with E-state index in [-0.39, 0.29) is 12.7 Å². The molecule has 1 amide bonds. The number of ether oxygens (including phenoxy) is 3. The summed E-state index contributed by atoms with van der Waals surface area (Å²) in [5, 5.41) is 0. The molecule has 1 atom stereocenters. The molecule has 1 fully saturated rings. The van der Waals surface area contributed by atoms with E-state index in [9.17, 15) is 4.79 Å². The van der Waals surface area contributed by atoms with Crippen molar-refractivity contribution >= 4 is 18.2 Å². The number of carbonyl (C=O) groups is 1. The van der Waals surface area contributed by atoms with Gasteiger partial charge in [0.25, 0.3) is 0 Å². The summed E-state index contributed by atoms with van der Waals surface area (Å²) in [4.78, 5) is 11.7. The molecule has 0 aromatic heterocycles. The number of methoxy groups -OCH3 is 1. The Morgan fingerprint density at radius 2 is 2.23 bits per heavy atom. The molecular formula is C15H22N2O4S. The molecule has 0 bridgehead atoms. The van der Waals surface area contributed by atoms with Crippen molar-refractivity contribution in [3.05, 3.63) is 35.9 Å². The third-order valence-electron chi connectivity index (χ3n) is 3.22. The zero-order valence-electron chi connectivity index (χ0n) is 12.7. The van der Waals surface area contributed by atoms with E-state index in [2.05, 4.69) is 9.03 Å². The van der Waals surface area contributed by atoms with Crippen molar-refractivity contribution < 1.29 is 19.0 Å². The van der Waals surface area contributed by atoms with Crippen molar-refractivity contribution in [1.82, 2.24) is 9.03 Å². The number of nitrogens with one attached hydrogen (secondary N) is 1. The number of nitrogens with zero attached hydrogens (tertiary/aromatic N) is 1. The fraction of sp³-hybridized carbons (Fsp3) is 0.533. The summed E-state index contributed by atoms with van der Waals surface area (Å²) in [5.41, 5.74) is 0.966. The maximum Gasteiger partial charge on any atom is 0.418 e. The van der Waals surface area contributed by atoms with Gasteiger partial charge < -0.3 is 14.2 Å². The summed E-state index contributed by atoms with van der Waals surface area (Å²) < 4.78 is 20.7. The van der Waals surface area contributed by atoms with Crippen LogP contribution in [0.2, 0.25) is 0 Å². The van der Waals surface area contributed by atoms with E-state index in [0.717, 1.165) is 25.1 Å². The van der Waals surface area contributed by atoms with Gasteiger partial charge in [-0.2, -0.15) is 0 Å². The third-order valence-corrected chi connectivity index (χ3v) is 4.10. The smallest absolute Gasteiger partial charge is 0.418 e. The van der Waals surface area contributed by atoms with Gasteiger partial charge in [-0.3, -0.25) is 4.72 Å². The van der Waals surface area contributed by atoms with Gasteiger partial charge in [-0.05, 0) is 12.0 Å². The lowest BCUT2D eigenvalue weighted by Gasteiger charge is -2.17. The predicted octanol–water partition coefficient (Wildman–Crippen LogP) is 2.21. The van der Waals surface area contributed by atoms with Crippen molar-refractivity contribution in [3.63, 3.8) is 0 Å². The molecule has 1 aliphatic rings. The van der Waals surface area contributed by atoms with E-state index >= 15 is 0 Å². The monoisotopic (exact) mass is 326 g/mol. The van der Waals surface area contributed by atoms with E-state index in [1.165, 1.54) is 12.1 Å². The number of benzene rings is 1. The highest BCUT2D eigenvalue weighted by Gasteiger charge is 2.18. The summed E-state index contributed by atoms with van der Waals surface area (Å²) in [5.74, 6) is 0. The maximum atomic E-state index is 11.7. The van der Waals surface area contributed by atoms with Crippen LogP contribution in [-0.2, 0) is 20.8 Å². The van der Waals surface area contributed by atoms with Crippen molar-refractivity contribution in [2.75, 3.05) is 33.4 Å². The van der Waals surface area contributed by atoms with Gasteiger partial charge >= 0.3 is 6.09 Å². The quantitative estimate of drug-likeness (QED) is 0.809. The second-order valence-electron chi connectivity index (χ2n) is 4.92. The van der Waals surface area contributed by atoms with Gasteiger partial charge in [0.2, 0.25) is 0 Å². The highest BCUT2D eigenvalue weighted by molar-refractivity contribution is 7.95. The van der Waals surface area contributed by atoms with Gasteiger partial charge in [-0.1, -0.05) is 30.3 Å². The molecule has 1 N–H and O–H groups in total. The van der Waals surface area contributed by atoms with Crippen LogP contribution >= 0.6 is 12.1 Å². The first-order chi connectivity index (χ1) is 10.8. The molecule has 2 rings (SSSR count). The Morgan fingerprint density at radius 1 is 1.41 bits per heavy atom. The number of amides is 1. The summed E-state index contributed by atoms with van der Waals surface area (Å²) in [6.45, 7) is 3.08. The van der Waals surface area contributed by atoms with E-state index in [0.29, 0.717) is 13.2 Å². The van der Waals surface area contributed by atoms with E-state index in [1.807, 2.05) is 30.3 Å². The van der Waals surface area contributed by atoms with Gasteiger partial charge in [0.1, 0.15) is 6.61 Å².